The van der Waals surface area contributed by atoms with Gasteiger partial charge in [-0.2, -0.15) is 0 Å². The van der Waals surface area contributed by atoms with Crippen LogP contribution in [0.15, 0.2) is 48.5 Å². The number of rotatable bonds is 2. The molecular formula is C19H15NO2. The number of para-hydroxylation sites is 1. The van der Waals surface area contributed by atoms with Crippen molar-refractivity contribution in [2.24, 2.45) is 0 Å². The van der Waals surface area contributed by atoms with Gasteiger partial charge in [-0.3, -0.25) is 9.59 Å². The first kappa shape index (κ1) is 13.0. The molecule has 0 saturated carbocycles. The summed E-state index contributed by atoms with van der Waals surface area (Å²) in [6.45, 7) is 0.883. The Hall–Kier alpha value is -2.68. The maximum absolute atomic E-state index is 12.5. The third-order valence-corrected chi connectivity index (χ3v) is 4.36. The molecule has 4 rings (SSSR count). The number of carbonyl (C=O) groups excluding carboxylic acids is 2. The van der Waals surface area contributed by atoms with Gasteiger partial charge in [-0.25, -0.2) is 0 Å². The van der Waals surface area contributed by atoms with Crippen LogP contribution in [0.5, 0.6) is 0 Å². The first-order valence-corrected chi connectivity index (χ1v) is 7.49. The van der Waals surface area contributed by atoms with Crippen molar-refractivity contribution in [1.29, 1.82) is 0 Å². The number of ketones is 1. The summed E-state index contributed by atoms with van der Waals surface area (Å²) < 4.78 is 2.14. The van der Waals surface area contributed by atoms with E-state index in [1.54, 1.807) is 12.1 Å². The number of carbonyl (C=O) groups is 2. The number of fused-ring (bicyclic) bond motifs is 3. The SMILES string of the molecule is O=Cc1ccc(-c2c3n(c4ccccc24)CCCC3=O)cc1. The number of nitrogens with zero attached hydrogens (tertiary/aromatic N) is 1. The molecule has 0 atom stereocenters. The minimum atomic E-state index is 0.205. The molecule has 0 fully saturated rings. The monoisotopic (exact) mass is 289 g/mol. The Morgan fingerprint density at radius 3 is 2.55 bits per heavy atom. The van der Waals surface area contributed by atoms with Crippen LogP contribution in [0.2, 0.25) is 0 Å². The van der Waals surface area contributed by atoms with E-state index >= 15 is 0 Å². The number of benzene rings is 2. The van der Waals surface area contributed by atoms with Crippen LogP contribution < -0.4 is 0 Å². The molecule has 3 heteroatoms. The van der Waals surface area contributed by atoms with Gasteiger partial charge in [-0.05, 0) is 18.1 Å². The lowest BCUT2D eigenvalue weighted by Gasteiger charge is -2.16. The molecule has 3 aromatic rings. The summed E-state index contributed by atoms with van der Waals surface area (Å²) in [4.78, 5) is 23.3. The van der Waals surface area contributed by atoms with E-state index in [4.69, 9.17) is 0 Å². The Morgan fingerprint density at radius 1 is 1.00 bits per heavy atom. The van der Waals surface area contributed by atoms with E-state index in [9.17, 15) is 9.59 Å². The molecule has 0 spiro atoms. The molecule has 0 N–H and O–H groups in total. The third-order valence-electron chi connectivity index (χ3n) is 4.36. The summed E-state index contributed by atoms with van der Waals surface area (Å²) in [5.41, 5.74) is 4.56. The smallest absolute Gasteiger partial charge is 0.179 e. The van der Waals surface area contributed by atoms with Crippen LogP contribution >= 0.6 is 0 Å². The molecule has 22 heavy (non-hydrogen) atoms. The molecule has 1 aliphatic heterocycles. The Labute approximate surface area is 128 Å². The summed E-state index contributed by atoms with van der Waals surface area (Å²) in [5, 5.41) is 1.10. The Morgan fingerprint density at radius 2 is 1.77 bits per heavy atom. The first-order valence-electron chi connectivity index (χ1n) is 7.49. The Bertz CT molecular complexity index is 888. The second kappa shape index (κ2) is 4.95. The minimum Gasteiger partial charge on any atom is -0.338 e. The van der Waals surface area contributed by atoms with Crippen molar-refractivity contribution in [3.05, 3.63) is 59.8 Å². The quantitative estimate of drug-likeness (QED) is 0.666. The summed E-state index contributed by atoms with van der Waals surface area (Å²) >= 11 is 0. The Kier molecular flexibility index (Phi) is 2.93. The van der Waals surface area contributed by atoms with E-state index < -0.39 is 0 Å². The molecule has 0 amide bonds. The van der Waals surface area contributed by atoms with Gasteiger partial charge < -0.3 is 4.57 Å². The van der Waals surface area contributed by atoms with Crippen molar-refractivity contribution in [2.75, 3.05) is 0 Å². The fourth-order valence-electron chi connectivity index (χ4n) is 3.36. The maximum atomic E-state index is 12.5. The molecule has 2 heterocycles. The summed E-state index contributed by atoms with van der Waals surface area (Å²) in [7, 11) is 0. The molecule has 108 valence electrons. The van der Waals surface area contributed by atoms with Crippen molar-refractivity contribution in [2.45, 2.75) is 19.4 Å². The van der Waals surface area contributed by atoms with Crippen molar-refractivity contribution < 1.29 is 9.59 Å². The highest BCUT2D eigenvalue weighted by molar-refractivity contribution is 6.11. The van der Waals surface area contributed by atoms with Crippen LogP contribution in [0.1, 0.15) is 33.7 Å². The van der Waals surface area contributed by atoms with Gasteiger partial charge in [-0.1, -0.05) is 42.5 Å². The highest BCUT2D eigenvalue weighted by atomic mass is 16.1. The average molecular weight is 289 g/mol. The van der Waals surface area contributed by atoms with Crippen LogP contribution in [0.4, 0.5) is 0 Å². The van der Waals surface area contributed by atoms with E-state index in [-0.39, 0.29) is 5.78 Å². The number of hydrogen-bond donors (Lipinski definition) is 0. The fourth-order valence-corrected chi connectivity index (χ4v) is 3.36. The van der Waals surface area contributed by atoms with Gasteiger partial charge in [0.1, 0.15) is 6.29 Å². The van der Waals surface area contributed by atoms with Crippen molar-refractivity contribution in [1.82, 2.24) is 4.57 Å². The molecule has 1 aromatic heterocycles. The lowest BCUT2D eigenvalue weighted by atomic mass is 9.97. The van der Waals surface area contributed by atoms with Crippen LogP contribution in [-0.4, -0.2) is 16.6 Å². The molecule has 3 nitrogen and oxygen atoms in total. The van der Waals surface area contributed by atoms with Crippen molar-refractivity contribution in [3.63, 3.8) is 0 Å². The van der Waals surface area contributed by atoms with Crippen LogP contribution in [-0.2, 0) is 6.54 Å². The molecule has 0 saturated heterocycles. The van der Waals surface area contributed by atoms with Gasteiger partial charge >= 0.3 is 0 Å². The summed E-state index contributed by atoms with van der Waals surface area (Å²) in [6, 6.07) is 15.6. The van der Waals surface area contributed by atoms with Gasteiger partial charge in [0.25, 0.3) is 0 Å². The van der Waals surface area contributed by atoms with Gasteiger partial charge in [0.05, 0.1) is 5.69 Å². The summed E-state index contributed by atoms with van der Waals surface area (Å²) in [6.07, 6.45) is 2.34. The van der Waals surface area contributed by atoms with E-state index in [0.717, 1.165) is 47.0 Å². The molecule has 0 unspecified atom stereocenters. The number of hydrogen-bond acceptors (Lipinski definition) is 2. The van der Waals surface area contributed by atoms with Crippen LogP contribution in [0, 0.1) is 0 Å². The normalized spacial score (nSPS) is 14.1. The standard InChI is InChI=1S/C19H15NO2/c21-12-13-7-9-14(10-8-13)18-15-4-1-2-5-16(15)20-11-3-6-17(22)19(18)20/h1-2,4-5,7-10,12H,3,6,11H2. The molecule has 0 bridgehead atoms. The van der Waals surface area contributed by atoms with Crippen LogP contribution in [0.25, 0.3) is 22.0 Å². The predicted octanol–water partition coefficient (Wildman–Crippen LogP) is 4.10. The molecular weight excluding hydrogens is 274 g/mol. The average Bonchev–Trinajstić information content (AvgIpc) is 2.91. The second-order valence-corrected chi connectivity index (χ2v) is 5.66. The number of Topliss-reactive ketones (excluding diaryl/α,β-unsaturated/α-hetero) is 1. The van der Waals surface area contributed by atoms with Gasteiger partial charge in [0.2, 0.25) is 0 Å². The van der Waals surface area contributed by atoms with E-state index in [1.165, 1.54) is 0 Å². The highest BCUT2D eigenvalue weighted by Gasteiger charge is 2.26. The second-order valence-electron chi connectivity index (χ2n) is 5.66. The van der Waals surface area contributed by atoms with Gasteiger partial charge in [0.15, 0.2) is 5.78 Å². The zero-order valence-electron chi connectivity index (χ0n) is 12.1. The van der Waals surface area contributed by atoms with Gasteiger partial charge in [-0.15, -0.1) is 0 Å². The zero-order chi connectivity index (χ0) is 15.1. The highest BCUT2D eigenvalue weighted by Crippen LogP contribution is 2.37. The van der Waals surface area contributed by atoms with E-state index in [1.807, 2.05) is 24.3 Å². The first-order chi connectivity index (χ1) is 10.8. The number of aldehydes is 1. The third kappa shape index (κ3) is 1.82. The maximum Gasteiger partial charge on any atom is 0.179 e. The lowest BCUT2D eigenvalue weighted by Crippen LogP contribution is -2.16. The fraction of sp³-hybridized carbons (Fsp3) is 0.158. The minimum absolute atomic E-state index is 0.205. The van der Waals surface area contributed by atoms with Crippen LogP contribution in [0.3, 0.4) is 0 Å². The number of aryl methyl sites for hydroxylation is 1. The van der Waals surface area contributed by atoms with Crippen molar-refractivity contribution in [3.8, 4) is 11.1 Å². The van der Waals surface area contributed by atoms with E-state index in [2.05, 4.69) is 16.7 Å². The lowest BCUT2D eigenvalue weighted by molar-refractivity contribution is 0.0956. The predicted molar refractivity (Wildman–Crippen MR) is 86.3 cm³/mol. The zero-order valence-corrected chi connectivity index (χ0v) is 12.1. The molecule has 0 radical (unpaired) electrons. The van der Waals surface area contributed by atoms with E-state index in [0.29, 0.717) is 12.0 Å². The molecule has 2 aromatic carbocycles. The summed E-state index contributed by atoms with van der Waals surface area (Å²) in [5.74, 6) is 0.205. The topological polar surface area (TPSA) is 39.1 Å². The van der Waals surface area contributed by atoms with Gasteiger partial charge in [0, 0.05) is 35.0 Å². The molecule has 0 aliphatic carbocycles. The Balaban J connectivity index is 2.05. The van der Waals surface area contributed by atoms with Crippen molar-refractivity contribution >= 4 is 23.0 Å². The molecule has 1 aliphatic rings. The largest absolute Gasteiger partial charge is 0.338 e. The number of aromatic nitrogens is 1.